The summed E-state index contributed by atoms with van der Waals surface area (Å²) >= 11 is 12.0. The van der Waals surface area contributed by atoms with Gasteiger partial charge < -0.3 is 10.2 Å². The Bertz CT molecular complexity index is 1230. The van der Waals surface area contributed by atoms with Gasteiger partial charge in [-0.3, -0.25) is 0 Å². The number of phenolic OH excluding ortho intramolecular Hbond substituents is 1. The van der Waals surface area contributed by atoms with Crippen LogP contribution in [0.3, 0.4) is 0 Å². The predicted octanol–water partition coefficient (Wildman–Crippen LogP) is 5.12. The lowest BCUT2D eigenvalue weighted by molar-refractivity contribution is 0.114. The summed E-state index contributed by atoms with van der Waals surface area (Å²) < 4.78 is 56.8. The Morgan fingerprint density at radius 1 is 0.781 bits per heavy atom. The lowest BCUT2D eigenvalue weighted by atomic mass is 9.85. The predicted molar refractivity (Wildman–Crippen MR) is 108 cm³/mol. The maximum Gasteiger partial charge on any atom is 0.192 e. The van der Waals surface area contributed by atoms with Gasteiger partial charge in [0.05, 0.1) is 5.02 Å². The molecule has 0 aliphatic heterocycles. The summed E-state index contributed by atoms with van der Waals surface area (Å²) in [6.45, 7) is 0. The standard InChI is InChI=1S/C21H11Cl2F4N3O2/c22-12-5-17(23)19(18(31)6-12)30-9-28-20(29-30)21(32,10-1-13(24)7-14(25)2-10)11-3-15(26)8-16(27)4-11/h1-9,31-32H. The zero-order valence-corrected chi connectivity index (χ0v) is 17.2. The second-order valence-corrected chi connectivity index (χ2v) is 7.64. The van der Waals surface area contributed by atoms with E-state index >= 15 is 0 Å². The first-order chi connectivity index (χ1) is 15.1. The Kier molecular flexibility index (Phi) is 5.58. The molecule has 1 aromatic heterocycles. The lowest BCUT2D eigenvalue weighted by Crippen LogP contribution is -2.31. The van der Waals surface area contributed by atoms with Crippen molar-refractivity contribution >= 4 is 23.2 Å². The van der Waals surface area contributed by atoms with Crippen molar-refractivity contribution in [2.45, 2.75) is 5.60 Å². The molecule has 0 spiro atoms. The largest absolute Gasteiger partial charge is 0.506 e. The van der Waals surface area contributed by atoms with E-state index in [1.165, 1.54) is 12.1 Å². The quantitative estimate of drug-likeness (QED) is 0.395. The van der Waals surface area contributed by atoms with Crippen LogP contribution in [0, 0.1) is 23.3 Å². The summed E-state index contributed by atoms with van der Waals surface area (Å²) in [5.74, 6) is -5.07. The molecule has 0 radical (unpaired) electrons. The second-order valence-electron chi connectivity index (χ2n) is 6.79. The Balaban J connectivity index is 1.97. The van der Waals surface area contributed by atoms with Gasteiger partial charge in [0.2, 0.25) is 0 Å². The van der Waals surface area contributed by atoms with E-state index in [-0.39, 0.29) is 21.5 Å². The molecule has 2 N–H and O–H groups in total. The summed E-state index contributed by atoms with van der Waals surface area (Å²) in [5.41, 5.74) is -3.49. The third-order valence-corrected chi connectivity index (χ3v) is 5.12. The summed E-state index contributed by atoms with van der Waals surface area (Å²) in [7, 11) is 0. The molecule has 0 saturated carbocycles. The molecule has 32 heavy (non-hydrogen) atoms. The van der Waals surface area contributed by atoms with Crippen molar-refractivity contribution in [3.63, 3.8) is 0 Å². The van der Waals surface area contributed by atoms with Crippen LogP contribution >= 0.6 is 23.2 Å². The minimum Gasteiger partial charge on any atom is -0.506 e. The van der Waals surface area contributed by atoms with Gasteiger partial charge in [-0.2, -0.15) is 0 Å². The molecule has 0 unspecified atom stereocenters. The van der Waals surface area contributed by atoms with Gasteiger partial charge in [0.25, 0.3) is 0 Å². The molecular weight excluding hydrogens is 473 g/mol. The molecular formula is C21H11Cl2F4N3O2. The van der Waals surface area contributed by atoms with Crippen molar-refractivity contribution in [2.24, 2.45) is 0 Å². The molecule has 0 aliphatic carbocycles. The van der Waals surface area contributed by atoms with Gasteiger partial charge in [0, 0.05) is 34.3 Å². The zero-order chi connectivity index (χ0) is 23.2. The Morgan fingerprint density at radius 2 is 1.28 bits per heavy atom. The fourth-order valence-electron chi connectivity index (χ4n) is 3.27. The molecule has 1 heterocycles. The van der Waals surface area contributed by atoms with Crippen LogP contribution in [-0.4, -0.2) is 25.0 Å². The van der Waals surface area contributed by atoms with Crippen LogP contribution in [0.25, 0.3) is 5.69 Å². The van der Waals surface area contributed by atoms with Gasteiger partial charge in [0.15, 0.2) is 11.4 Å². The summed E-state index contributed by atoms with van der Waals surface area (Å²) in [5, 5.41) is 25.9. The van der Waals surface area contributed by atoms with E-state index < -0.39 is 45.8 Å². The number of aromatic hydroxyl groups is 1. The van der Waals surface area contributed by atoms with Crippen LogP contribution in [0.2, 0.25) is 10.0 Å². The molecule has 0 aliphatic rings. The van der Waals surface area contributed by atoms with Gasteiger partial charge in [-0.05, 0) is 30.3 Å². The van der Waals surface area contributed by atoms with Crippen LogP contribution in [0.15, 0.2) is 54.9 Å². The van der Waals surface area contributed by atoms with E-state index in [1.54, 1.807) is 0 Å². The number of hydrogen-bond donors (Lipinski definition) is 2. The molecule has 4 aromatic rings. The van der Waals surface area contributed by atoms with E-state index in [0.29, 0.717) is 12.1 Å². The number of benzene rings is 3. The van der Waals surface area contributed by atoms with E-state index in [1.807, 2.05) is 0 Å². The van der Waals surface area contributed by atoms with Gasteiger partial charge in [-0.15, -0.1) is 5.10 Å². The molecule has 0 bridgehead atoms. The zero-order valence-electron chi connectivity index (χ0n) is 15.7. The minimum absolute atomic E-state index is 0.0245. The van der Waals surface area contributed by atoms with Gasteiger partial charge in [-0.1, -0.05) is 23.2 Å². The topological polar surface area (TPSA) is 71.2 Å². The average Bonchev–Trinajstić information content (AvgIpc) is 3.15. The van der Waals surface area contributed by atoms with E-state index in [2.05, 4.69) is 10.1 Å². The molecule has 0 saturated heterocycles. The summed E-state index contributed by atoms with van der Waals surface area (Å²) in [6.07, 6.45) is 1.04. The van der Waals surface area contributed by atoms with Gasteiger partial charge in [0.1, 0.15) is 41.0 Å². The first-order valence-electron chi connectivity index (χ1n) is 8.84. The van der Waals surface area contributed by atoms with Crippen molar-refractivity contribution in [1.29, 1.82) is 0 Å². The molecule has 3 aromatic carbocycles. The van der Waals surface area contributed by atoms with Crippen molar-refractivity contribution in [3.8, 4) is 11.4 Å². The SMILES string of the molecule is Oc1cc(Cl)cc(Cl)c1-n1cnc(C(O)(c2cc(F)cc(F)c2)c2cc(F)cc(F)c2)n1. The van der Waals surface area contributed by atoms with Crippen LogP contribution in [0.4, 0.5) is 17.6 Å². The van der Waals surface area contributed by atoms with Crippen molar-refractivity contribution < 1.29 is 27.8 Å². The minimum atomic E-state index is -2.58. The summed E-state index contributed by atoms with van der Waals surface area (Å²) in [4.78, 5) is 3.95. The molecule has 11 heteroatoms. The molecule has 5 nitrogen and oxygen atoms in total. The van der Waals surface area contributed by atoms with Crippen LogP contribution in [0.5, 0.6) is 5.75 Å². The maximum absolute atomic E-state index is 14.0. The number of phenols is 1. The summed E-state index contributed by atoms with van der Waals surface area (Å²) in [6, 6.07) is 6.73. The molecule has 0 atom stereocenters. The highest BCUT2D eigenvalue weighted by atomic mass is 35.5. The third kappa shape index (κ3) is 3.90. The average molecular weight is 484 g/mol. The Morgan fingerprint density at radius 3 is 1.75 bits per heavy atom. The Hall–Kier alpha value is -3.14. The first-order valence-corrected chi connectivity index (χ1v) is 9.59. The highest BCUT2D eigenvalue weighted by molar-refractivity contribution is 6.36. The number of halogens is 6. The molecule has 0 fully saturated rings. The fourth-order valence-corrected chi connectivity index (χ4v) is 3.84. The number of rotatable bonds is 4. The van der Waals surface area contributed by atoms with Crippen molar-refractivity contribution in [2.75, 3.05) is 0 Å². The molecule has 4 rings (SSSR count). The maximum atomic E-state index is 14.0. The normalized spacial score (nSPS) is 11.7. The monoisotopic (exact) mass is 483 g/mol. The molecule has 0 amide bonds. The number of hydrogen-bond acceptors (Lipinski definition) is 4. The van der Waals surface area contributed by atoms with Crippen molar-refractivity contribution in [1.82, 2.24) is 14.8 Å². The van der Waals surface area contributed by atoms with E-state index in [0.717, 1.165) is 35.3 Å². The lowest BCUT2D eigenvalue weighted by Gasteiger charge is -2.26. The fraction of sp³-hybridized carbons (Fsp3) is 0.0476. The van der Waals surface area contributed by atoms with Crippen molar-refractivity contribution in [3.05, 3.63) is 105 Å². The highest BCUT2D eigenvalue weighted by Gasteiger charge is 2.40. The van der Waals surface area contributed by atoms with E-state index in [4.69, 9.17) is 23.2 Å². The number of aliphatic hydroxyl groups is 1. The number of nitrogens with zero attached hydrogens (tertiary/aromatic N) is 3. The highest BCUT2D eigenvalue weighted by Crippen LogP contribution is 2.38. The van der Waals surface area contributed by atoms with E-state index in [9.17, 15) is 27.8 Å². The third-order valence-electron chi connectivity index (χ3n) is 4.61. The van der Waals surface area contributed by atoms with Crippen LogP contribution in [-0.2, 0) is 5.60 Å². The van der Waals surface area contributed by atoms with Crippen LogP contribution in [0.1, 0.15) is 17.0 Å². The second kappa shape index (κ2) is 8.09. The smallest absolute Gasteiger partial charge is 0.192 e. The first kappa shape index (κ1) is 22.1. The van der Waals surface area contributed by atoms with Crippen LogP contribution < -0.4 is 0 Å². The Labute approximate surface area is 188 Å². The van der Waals surface area contributed by atoms with Gasteiger partial charge in [-0.25, -0.2) is 27.2 Å². The van der Waals surface area contributed by atoms with Gasteiger partial charge >= 0.3 is 0 Å². The number of aromatic nitrogens is 3. The molecule has 164 valence electrons.